The van der Waals surface area contributed by atoms with Crippen molar-refractivity contribution in [1.29, 1.82) is 5.26 Å². The zero-order valence-electron chi connectivity index (χ0n) is 9.52. The second-order valence-electron chi connectivity index (χ2n) is 3.63. The van der Waals surface area contributed by atoms with Gasteiger partial charge in [0.1, 0.15) is 6.07 Å². The first-order valence-corrected chi connectivity index (χ1v) is 5.60. The molecule has 0 aliphatic heterocycles. The maximum atomic E-state index is 12.6. The minimum Gasteiger partial charge on any atom is -0.322 e. The van der Waals surface area contributed by atoms with Crippen molar-refractivity contribution in [2.45, 2.75) is 0 Å². The first-order chi connectivity index (χ1) is 9.10. The highest BCUT2D eigenvalue weighted by Gasteiger charge is 2.08. The van der Waals surface area contributed by atoms with Gasteiger partial charge in [-0.3, -0.25) is 4.79 Å². The Kier molecular flexibility index (Phi) is 3.74. The van der Waals surface area contributed by atoms with Crippen LogP contribution in [-0.2, 0) is 0 Å². The Bertz CT molecular complexity index is 665. The van der Waals surface area contributed by atoms with Crippen LogP contribution in [0.2, 0.25) is 5.02 Å². The van der Waals surface area contributed by atoms with Crippen molar-refractivity contribution in [1.82, 2.24) is 4.98 Å². The molecule has 0 saturated carbocycles. The first-order valence-electron chi connectivity index (χ1n) is 5.22. The normalized spacial score (nSPS) is 9.74. The molecule has 0 saturated heterocycles. The van der Waals surface area contributed by atoms with Gasteiger partial charge in [0.25, 0.3) is 5.91 Å². The molecule has 0 spiro atoms. The van der Waals surface area contributed by atoms with E-state index in [1.54, 1.807) is 6.07 Å². The van der Waals surface area contributed by atoms with Gasteiger partial charge in [-0.1, -0.05) is 11.6 Å². The van der Waals surface area contributed by atoms with E-state index in [-0.39, 0.29) is 11.1 Å². The van der Waals surface area contributed by atoms with Crippen molar-refractivity contribution in [3.63, 3.8) is 0 Å². The van der Waals surface area contributed by atoms with Gasteiger partial charge < -0.3 is 5.32 Å². The molecule has 1 N–H and O–H groups in total. The number of nitrogens with one attached hydrogen (secondary N) is 1. The predicted molar refractivity (Wildman–Crippen MR) is 68.3 cm³/mol. The third-order valence-corrected chi connectivity index (χ3v) is 2.66. The summed E-state index contributed by atoms with van der Waals surface area (Å²) in [5.41, 5.74) is 0.904. The molecule has 0 aliphatic rings. The average molecular weight is 276 g/mol. The fourth-order valence-electron chi connectivity index (χ4n) is 1.40. The molecule has 0 atom stereocenters. The Balaban J connectivity index is 2.20. The molecular formula is C13H7ClFN3O. The monoisotopic (exact) mass is 275 g/mol. The first kappa shape index (κ1) is 13.0. The quantitative estimate of drug-likeness (QED) is 0.857. The average Bonchev–Trinajstić information content (AvgIpc) is 2.41. The van der Waals surface area contributed by atoms with Crippen LogP contribution in [0.5, 0.6) is 0 Å². The lowest BCUT2D eigenvalue weighted by Gasteiger charge is -2.05. The summed E-state index contributed by atoms with van der Waals surface area (Å²) in [6.45, 7) is 0. The molecule has 94 valence electrons. The maximum absolute atomic E-state index is 12.6. The van der Waals surface area contributed by atoms with E-state index >= 15 is 0 Å². The van der Waals surface area contributed by atoms with Gasteiger partial charge in [0.2, 0.25) is 5.95 Å². The number of pyridine rings is 1. The standard InChI is InChI=1S/C13H7ClFN3O/c14-11-3-2-10(5-9(11)6-16)18-13(19)8-1-4-12(15)17-7-8/h1-5,7H,(H,18,19). The summed E-state index contributed by atoms with van der Waals surface area (Å²) in [6, 6.07) is 8.86. The van der Waals surface area contributed by atoms with Crippen LogP contribution in [0, 0.1) is 17.3 Å². The minimum absolute atomic E-state index is 0.217. The molecule has 6 heteroatoms. The number of nitrogens with zero attached hydrogens (tertiary/aromatic N) is 2. The van der Waals surface area contributed by atoms with Crippen molar-refractivity contribution < 1.29 is 9.18 Å². The number of halogens is 2. The highest BCUT2D eigenvalue weighted by molar-refractivity contribution is 6.31. The van der Waals surface area contributed by atoms with Crippen molar-refractivity contribution >= 4 is 23.2 Å². The Morgan fingerprint density at radius 3 is 2.79 bits per heavy atom. The molecule has 4 nitrogen and oxygen atoms in total. The van der Waals surface area contributed by atoms with Crippen LogP contribution in [0.3, 0.4) is 0 Å². The van der Waals surface area contributed by atoms with E-state index in [1.165, 1.54) is 18.2 Å². The highest BCUT2D eigenvalue weighted by Crippen LogP contribution is 2.20. The number of carbonyl (C=O) groups excluding carboxylic acids is 1. The van der Waals surface area contributed by atoms with E-state index < -0.39 is 11.9 Å². The predicted octanol–water partition coefficient (Wildman–Crippen LogP) is 3.00. The number of benzene rings is 1. The molecule has 0 unspecified atom stereocenters. The van der Waals surface area contributed by atoms with Crippen molar-refractivity contribution in [3.05, 3.63) is 58.6 Å². The Morgan fingerprint density at radius 2 is 2.16 bits per heavy atom. The minimum atomic E-state index is -0.658. The smallest absolute Gasteiger partial charge is 0.257 e. The molecule has 0 fully saturated rings. The highest BCUT2D eigenvalue weighted by atomic mass is 35.5. The number of carbonyl (C=O) groups is 1. The van der Waals surface area contributed by atoms with Crippen LogP contribution in [-0.4, -0.2) is 10.9 Å². The van der Waals surface area contributed by atoms with Crippen molar-refractivity contribution in [2.75, 3.05) is 5.32 Å². The molecule has 0 bridgehead atoms. The number of amides is 1. The van der Waals surface area contributed by atoms with E-state index in [9.17, 15) is 9.18 Å². The van der Waals surface area contributed by atoms with Crippen LogP contribution < -0.4 is 5.32 Å². The second-order valence-corrected chi connectivity index (χ2v) is 4.04. The van der Waals surface area contributed by atoms with Gasteiger partial charge in [-0.2, -0.15) is 9.65 Å². The van der Waals surface area contributed by atoms with Crippen molar-refractivity contribution in [2.24, 2.45) is 0 Å². The lowest BCUT2D eigenvalue weighted by molar-refractivity contribution is 0.102. The fraction of sp³-hybridized carbons (Fsp3) is 0. The summed E-state index contributed by atoms with van der Waals surface area (Å²) in [5.74, 6) is -1.10. The summed E-state index contributed by atoms with van der Waals surface area (Å²) in [5, 5.41) is 11.7. The SMILES string of the molecule is N#Cc1cc(NC(=O)c2ccc(F)nc2)ccc1Cl. The Morgan fingerprint density at radius 1 is 1.37 bits per heavy atom. The Hall–Kier alpha value is -2.45. The summed E-state index contributed by atoms with van der Waals surface area (Å²) in [6.07, 6.45) is 1.13. The third kappa shape index (κ3) is 3.06. The fourth-order valence-corrected chi connectivity index (χ4v) is 1.56. The largest absolute Gasteiger partial charge is 0.322 e. The van der Waals surface area contributed by atoms with Crippen LogP contribution >= 0.6 is 11.6 Å². The van der Waals surface area contributed by atoms with Gasteiger partial charge in [-0.15, -0.1) is 0 Å². The molecular weight excluding hydrogens is 269 g/mol. The lowest BCUT2D eigenvalue weighted by atomic mass is 10.2. The van der Waals surface area contributed by atoms with E-state index in [0.29, 0.717) is 10.7 Å². The van der Waals surface area contributed by atoms with Gasteiger partial charge in [0.05, 0.1) is 16.1 Å². The number of hydrogen-bond donors (Lipinski definition) is 1. The van der Waals surface area contributed by atoms with Gasteiger partial charge in [-0.25, -0.2) is 4.98 Å². The molecule has 1 heterocycles. The zero-order chi connectivity index (χ0) is 13.8. The molecule has 0 aliphatic carbocycles. The molecule has 19 heavy (non-hydrogen) atoms. The molecule has 1 aromatic carbocycles. The lowest BCUT2D eigenvalue weighted by Crippen LogP contribution is -2.12. The summed E-state index contributed by atoms with van der Waals surface area (Å²) in [4.78, 5) is 15.2. The number of aromatic nitrogens is 1. The molecule has 0 radical (unpaired) electrons. The maximum Gasteiger partial charge on any atom is 0.257 e. The molecule has 2 aromatic rings. The zero-order valence-corrected chi connectivity index (χ0v) is 10.3. The van der Waals surface area contributed by atoms with E-state index in [2.05, 4.69) is 10.3 Å². The third-order valence-electron chi connectivity index (χ3n) is 2.33. The summed E-state index contributed by atoms with van der Waals surface area (Å²) >= 11 is 5.78. The van der Waals surface area contributed by atoms with E-state index in [0.717, 1.165) is 12.3 Å². The van der Waals surface area contributed by atoms with E-state index in [1.807, 2.05) is 6.07 Å². The van der Waals surface area contributed by atoms with Crippen LogP contribution in [0.1, 0.15) is 15.9 Å². The van der Waals surface area contributed by atoms with Gasteiger partial charge >= 0.3 is 0 Å². The Labute approximate surface area is 113 Å². The van der Waals surface area contributed by atoms with Crippen molar-refractivity contribution in [3.8, 4) is 6.07 Å². The van der Waals surface area contributed by atoms with E-state index in [4.69, 9.17) is 16.9 Å². The number of anilines is 1. The van der Waals surface area contributed by atoms with Gasteiger partial charge in [0, 0.05) is 11.9 Å². The molecule has 1 aromatic heterocycles. The van der Waals surface area contributed by atoms with Crippen LogP contribution in [0.4, 0.5) is 10.1 Å². The second kappa shape index (κ2) is 5.46. The number of rotatable bonds is 2. The van der Waals surface area contributed by atoms with Gasteiger partial charge in [0.15, 0.2) is 0 Å². The van der Waals surface area contributed by atoms with Crippen LogP contribution in [0.25, 0.3) is 0 Å². The van der Waals surface area contributed by atoms with Gasteiger partial charge in [-0.05, 0) is 30.3 Å². The summed E-state index contributed by atoms with van der Waals surface area (Å²) in [7, 11) is 0. The topological polar surface area (TPSA) is 65.8 Å². The summed E-state index contributed by atoms with van der Waals surface area (Å²) < 4.78 is 12.6. The molecule has 1 amide bonds. The number of nitriles is 1. The number of hydrogen-bond acceptors (Lipinski definition) is 3. The van der Waals surface area contributed by atoms with Crippen LogP contribution in [0.15, 0.2) is 36.5 Å². The molecule has 2 rings (SSSR count).